The fraction of sp³-hybridized carbons (Fsp3) is 0.500. The van der Waals surface area contributed by atoms with Gasteiger partial charge in [-0.05, 0) is 37.5 Å². The molecule has 1 amide bonds. The topological polar surface area (TPSA) is 97.2 Å². The highest BCUT2D eigenvalue weighted by Crippen LogP contribution is 2.26. The summed E-state index contributed by atoms with van der Waals surface area (Å²) in [6, 6.07) is 5.45. The number of hydrogen-bond donors (Lipinski definition) is 1. The second-order valence-electron chi connectivity index (χ2n) is 6.81. The molecule has 3 heterocycles. The largest absolute Gasteiger partial charge is 0.352 e. The monoisotopic (exact) mass is 391 g/mol. The molecule has 8 nitrogen and oxygen atoms in total. The van der Waals surface area contributed by atoms with E-state index in [1.807, 2.05) is 23.0 Å². The van der Waals surface area contributed by atoms with Gasteiger partial charge in [-0.1, -0.05) is 0 Å². The van der Waals surface area contributed by atoms with E-state index in [2.05, 4.69) is 15.4 Å². The molecule has 1 aliphatic rings. The van der Waals surface area contributed by atoms with Crippen molar-refractivity contribution >= 4 is 15.9 Å². The molecule has 2 aromatic rings. The second kappa shape index (κ2) is 8.62. The predicted molar refractivity (Wildman–Crippen MR) is 102 cm³/mol. The quantitative estimate of drug-likeness (QED) is 0.716. The van der Waals surface area contributed by atoms with Crippen molar-refractivity contribution < 1.29 is 13.2 Å². The third-order valence-electron chi connectivity index (χ3n) is 4.73. The number of carbonyl (C=O) groups excluding carboxylic acids is 1. The molecule has 1 N–H and O–H groups in total. The molecule has 1 fully saturated rings. The average molecular weight is 391 g/mol. The summed E-state index contributed by atoms with van der Waals surface area (Å²) < 4.78 is 26.8. The van der Waals surface area contributed by atoms with Crippen molar-refractivity contribution in [2.45, 2.75) is 31.7 Å². The lowest BCUT2D eigenvalue weighted by molar-refractivity contribution is 0.0952. The third-order valence-corrected chi connectivity index (χ3v) is 6.00. The predicted octanol–water partition coefficient (Wildman–Crippen LogP) is 1.24. The van der Waals surface area contributed by atoms with Crippen molar-refractivity contribution in [2.24, 2.45) is 0 Å². The zero-order valence-electron chi connectivity index (χ0n) is 15.4. The summed E-state index contributed by atoms with van der Waals surface area (Å²) in [5, 5.41) is 7.00. The number of carbonyl (C=O) groups is 1. The van der Waals surface area contributed by atoms with E-state index < -0.39 is 10.0 Å². The van der Waals surface area contributed by atoms with Crippen molar-refractivity contribution in [3.05, 3.63) is 48.0 Å². The lowest BCUT2D eigenvalue weighted by Gasteiger charge is -2.30. The highest BCUT2D eigenvalue weighted by atomic mass is 32.2. The van der Waals surface area contributed by atoms with Gasteiger partial charge < -0.3 is 5.32 Å². The van der Waals surface area contributed by atoms with Crippen LogP contribution in [-0.2, 0) is 16.6 Å². The Hall–Kier alpha value is -2.26. The minimum Gasteiger partial charge on any atom is -0.352 e. The molecule has 0 saturated carbocycles. The number of nitrogens with zero attached hydrogens (tertiary/aromatic N) is 4. The SMILES string of the molecule is CS(=O)(=O)N1CCC[C@H](c2ccc(C(=O)NCCCn3cccn3)cn2)C1. The molecule has 0 spiro atoms. The molecule has 0 unspecified atom stereocenters. The van der Waals surface area contributed by atoms with Crippen LogP contribution >= 0.6 is 0 Å². The maximum absolute atomic E-state index is 12.2. The van der Waals surface area contributed by atoms with Crippen LogP contribution in [0, 0.1) is 0 Å². The maximum Gasteiger partial charge on any atom is 0.252 e. The molecule has 0 aromatic carbocycles. The normalized spacial score (nSPS) is 18.3. The summed E-state index contributed by atoms with van der Waals surface area (Å²) in [7, 11) is -3.18. The van der Waals surface area contributed by atoms with Crippen LogP contribution in [0.3, 0.4) is 0 Å². The summed E-state index contributed by atoms with van der Waals surface area (Å²) in [6.45, 7) is 2.33. The molecule has 0 aliphatic carbocycles. The van der Waals surface area contributed by atoms with E-state index in [0.29, 0.717) is 25.2 Å². The number of rotatable bonds is 7. The lowest BCUT2D eigenvalue weighted by atomic mass is 9.95. The number of amides is 1. The average Bonchev–Trinajstić information content (AvgIpc) is 3.18. The first-order valence-corrected chi connectivity index (χ1v) is 10.9. The number of nitrogens with one attached hydrogen (secondary N) is 1. The van der Waals surface area contributed by atoms with Crippen LogP contribution in [0.1, 0.15) is 41.2 Å². The van der Waals surface area contributed by atoms with Crippen LogP contribution in [0.25, 0.3) is 0 Å². The van der Waals surface area contributed by atoms with Gasteiger partial charge in [0.2, 0.25) is 10.0 Å². The highest BCUT2D eigenvalue weighted by Gasteiger charge is 2.27. The van der Waals surface area contributed by atoms with Gasteiger partial charge >= 0.3 is 0 Å². The van der Waals surface area contributed by atoms with Gasteiger partial charge in [-0.25, -0.2) is 12.7 Å². The van der Waals surface area contributed by atoms with Crippen LogP contribution in [0.15, 0.2) is 36.8 Å². The molecule has 1 saturated heterocycles. The Balaban J connectivity index is 1.51. The first kappa shape index (κ1) is 19.5. The van der Waals surface area contributed by atoms with E-state index in [9.17, 15) is 13.2 Å². The molecule has 3 rings (SSSR count). The number of pyridine rings is 1. The molecule has 2 aromatic heterocycles. The third kappa shape index (κ3) is 5.36. The smallest absolute Gasteiger partial charge is 0.252 e. The Morgan fingerprint density at radius 1 is 1.37 bits per heavy atom. The molecule has 1 atom stereocenters. The van der Waals surface area contributed by atoms with Crippen molar-refractivity contribution in [1.82, 2.24) is 24.4 Å². The van der Waals surface area contributed by atoms with Gasteiger partial charge in [0.15, 0.2) is 0 Å². The summed E-state index contributed by atoms with van der Waals surface area (Å²) in [4.78, 5) is 16.6. The second-order valence-corrected chi connectivity index (χ2v) is 8.79. The summed E-state index contributed by atoms with van der Waals surface area (Å²) in [5.74, 6) is -0.0874. The molecular weight excluding hydrogens is 366 g/mol. The Morgan fingerprint density at radius 2 is 2.22 bits per heavy atom. The van der Waals surface area contributed by atoms with Crippen LogP contribution < -0.4 is 5.32 Å². The molecule has 1 aliphatic heterocycles. The van der Waals surface area contributed by atoms with Gasteiger partial charge in [0, 0.05) is 56.4 Å². The van der Waals surface area contributed by atoms with Crippen molar-refractivity contribution in [1.29, 1.82) is 0 Å². The molecule has 9 heteroatoms. The lowest BCUT2D eigenvalue weighted by Crippen LogP contribution is -2.38. The molecular formula is C18H25N5O3S. The molecule has 0 radical (unpaired) electrons. The van der Waals surface area contributed by atoms with Crippen LogP contribution in [0.4, 0.5) is 0 Å². The number of aromatic nitrogens is 3. The molecule has 0 bridgehead atoms. The van der Waals surface area contributed by atoms with E-state index in [0.717, 1.165) is 31.5 Å². The highest BCUT2D eigenvalue weighted by molar-refractivity contribution is 7.88. The minimum absolute atomic E-state index is 0.0691. The van der Waals surface area contributed by atoms with Crippen molar-refractivity contribution in [3.63, 3.8) is 0 Å². The Morgan fingerprint density at radius 3 is 2.89 bits per heavy atom. The van der Waals surface area contributed by atoms with Gasteiger partial charge in [-0.3, -0.25) is 14.5 Å². The number of hydrogen-bond acceptors (Lipinski definition) is 5. The fourth-order valence-corrected chi connectivity index (χ4v) is 4.16. The van der Waals surface area contributed by atoms with E-state index >= 15 is 0 Å². The summed E-state index contributed by atoms with van der Waals surface area (Å²) in [5.41, 5.74) is 1.34. The first-order chi connectivity index (χ1) is 12.9. The zero-order valence-corrected chi connectivity index (χ0v) is 16.2. The zero-order chi connectivity index (χ0) is 19.3. The minimum atomic E-state index is -3.18. The van der Waals surface area contributed by atoms with Gasteiger partial charge in [0.1, 0.15) is 0 Å². The van der Waals surface area contributed by atoms with Gasteiger partial charge in [0.25, 0.3) is 5.91 Å². The molecule has 27 heavy (non-hydrogen) atoms. The first-order valence-electron chi connectivity index (χ1n) is 9.10. The number of piperidine rings is 1. The van der Waals surface area contributed by atoms with E-state index in [4.69, 9.17) is 0 Å². The van der Waals surface area contributed by atoms with E-state index in [1.54, 1.807) is 18.5 Å². The fourth-order valence-electron chi connectivity index (χ4n) is 3.24. The number of sulfonamides is 1. The number of aryl methyl sites for hydroxylation is 1. The Labute approximate surface area is 159 Å². The van der Waals surface area contributed by atoms with E-state index in [1.165, 1.54) is 10.6 Å². The van der Waals surface area contributed by atoms with E-state index in [-0.39, 0.29) is 11.8 Å². The van der Waals surface area contributed by atoms with Crippen LogP contribution in [-0.4, -0.2) is 59.3 Å². The van der Waals surface area contributed by atoms with Crippen LogP contribution in [0.5, 0.6) is 0 Å². The summed E-state index contributed by atoms with van der Waals surface area (Å²) >= 11 is 0. The van der Waals surface area contributed by atoms with Crippen molar-refractivity contribution in [3.8, 4) is 0 Å². The molecule has 146 valence electrons. The van der Waals surface area contributed by atoms with Gasteiger partial charge in [-0.2, -0.15) is 5.10 Å². The van der Waals surface area contributed by atoms with Gasteiger partial charge in [0.05, 0.1) is 11.8 Å². The van der Waals surface area contributed by atoms with Crippen LogP contribution in [0.2, 0.25) is 0 Å². The summed E-state index contributed by atoms with van der Waals surface area (Å²) in [6.07, 6.45) is 8.94. The Bertz CT molecular complexity index is 850. The maximum atomic E-state index is 12.2. The van der Waals surface area contributed by atoms with Crippen molar-refractivity contribution in [2.75, 3.05) is 25.9 Å². The Kier molecular flexibility index (Phi) is 6.22. The standard InChI is InChI=1S/C18H25N5O3S/c1-27(25,26)23-12-2-5-16(14-23)17-7-6-15(13-20-17)18(24)19-8-3-10-22-11-4-9-21-22/h4,6-7,9,11,13,16H,2-3,5,8,10,12,14H2,1H3,(H,19,24)/t16-/m0/s1. The van der Waals surface area contributed by atoms with Gasteiger partial charge in [-0.15, -0.1) is 0 Å².